The molecule has 2 amide bonds. The highest BCUT2D eigenvalue weighted by molar-refractivity contribution is 5.77. The molecule has 0 radical (unpaired) electrons. The van der Waals surface area contributed by atoms with Gasteiger partial charge < -0.3 is 14.9 Å². The second kappa shape index (κ2) is 5.76. The smallest absolute Gasteiger partial charge is 0.320 e. The molecular weight excluding hydrogens is 268 g/mol. The van der Waals surface area contributed by atoms with E-state index in [1.54, 1.807) is 4.90 Å². The molecule has 1 aromatic rings. The minimum atomic E-state index is -0.797. The van der Waals surface area contributed by atoms with Gasteiger partial charge in [0.15, 0.2) is 0 Å². The summed E-state index contributed by atoms with van der Waals surface area (Å²) < 4.78 is 0. The van der Waals surface area contributed by atoms with Crippen LogP contribution in [-0.2, 0) is 4.79 Å². The van der Waals surface area contributed by atoms with Gasteiger partial charge in [-0.25, -0.2) is 4.79 Å². The first kappa shape index (κ1) is 13.9. The van der Waals surface area contributed by atoms with Gasteiger partial charge in [-0.2, -0.15) is 0 Å². The van der Waals surface area contributed by atoms with Crippen molar-refractivity contribution < 1.29 is 14.7 Å². The molecule has 21 heavy (non-hydrogen) atoms. The molecule has 112 valence electrons. The number of carboxylic acids is 1. The number of urea groups is 1. The highest BCUT2D eigenvalue weighted by Crippen LogP contribution is 2.28. The number of benzene rings is 1. The number of likely N-dealkylation sites (tertiary alicyclic amines) is 2. The Labute approximate surface area is 124 Å². The molecule has 0 bridgehead atoms. The van der Waals surface area contributed by atoms with Crippen LogP contribution in [0.5, 0.6) is 0 Å². The van der Waals surface area contributed by atoms with Crippen LogP contribution < -0.4 is 0 Å². The number of amides is 2. The Morgan fingerprint density at radius 1 is 1.00 bits per heavy atom. The summed E-state index contributed by atoms with van der Waals surface area (Å²) in [5.74, 6) is -0.802. The van der Waals surface area contributed by atoms with Gasteiger partial charge in [-0.15, -0.1) is 0 Å². The van der Waals surface area contributed by atoms with Crippen molar-refractivity contribution in [3.63, 3.8) is 0 Å². The van der Waals surface area contributed by atoms with Crippen LogP contribution in [0.4, 0.5) is 4.79 Å². The number of carbonyl (C=O) groups excluding carboxylic acids is 1. The van der Waals surface area contributed by atoms with Crippen molar-refractivity contribution in [2.75, 3.05) is 26.2 Å². The number of hydrogen-bond acceptors (Lipinski definition) is 2. The zero-order chi connectivity index (χ0) is 14.8. The van der Waals surface area contributed by atoms with E-state index in [-0.39, 0.29) is 6.03 Å². The zero-order valence-corrected chi connectivity index (χ0v) is 11.9. The van der Waals surface area contributed by atoms with Gasteiger partial charge in [0.25, 0.3) is 0 Å². The van der Waals surface area contributed by atoms with E-state index in [9.17, 15) is 9.59 Å². The number of rotatable bonds is 2. The predicted molar refractivity (Wildman–Crippen MR) is 78.1 cm³/mol. The van der Waals surface area contributed by atoms with Gasteiger partial charge >= 0.3 is 12.0 Å². The molecule has 2 saturated heterocycles. The van der Waals surface area contributed by atoms with E-state index in [1.807, 2.05) is 23.1 Å². The molecule has 2 aliphatic heterocycles. The maximum atomic E-state index is 12.5. The van der Waals surface area contributed by atoms with E-state index < -0.39 is 11.9 Å². The van der Waals surface area contributed by atoms with Crippen LogP contribution in [0.1, 0.15) is 24.3 Å². The molecule has 0 aliphatic carbocycles. The molecule has 2 unspecified atom stereocenters. The topological polar surface area (TPSA) is 60.9 Å². The summed E-state index contributed by atoms with van der Waals surface area (Å²) in [6, 6.07) is 10.3. The normalized spacial score (nSPS) is 25.3. The maximum absolute atomic E-state index is 12.5. The number of carbonyl (C=O) groups is 2. The van der Waals surface area contributed by atoms with Crippen molar-refractivity contribution in [2.24, 2.45) is 5.92 Å². The van der Waals surface area contributed by atoms with Gasteiger partial charge in [-0.05, 0) is 18.4 Å². The lowest BCUT2D eigenvalue weighted by molar-refractivity contribution is -0.141. The molecular formula is C16H20N2O3. The van der Waals surface area contributed by atoms with Crippen LogP contribution in [0.15, 0.2) is 30.3 Å². The van der Waals surface area contributed by atoms with Crippen molar-refractivity contribution in [1.29, 1.82) is 0 Å². The molecule has 5 nitrogen and oxygen atoms in total. The number of nitrogens with zero attached hydrogens (tertiary/aromatic N) is 2. The Balaban J connectivity index is 1.59. The molecule has 0 aromatic heterocycles. The van der Waals surface area contributed by atoms with E-state index in [2.05, 4.69) is 12.1 Å². The fourth-order valence-corrected chi connectivity index (χ4v) is 3.27. The van der Waals surface area contributed by atoms with Gasteiger partial charge in [0, 0.05) is 32.1 Å². The fourth-order valence-electron chi connectivity index (χ4n) is 3.27. The molecule has 2 heterocycles. The van der Waals surface area contributed by atoms with Crippen molar-refractivity contribution in [1.82, 2.24) is 9.80 Å². The molecule has 0 saturated carbocycles. The summed E-state index contributed by atoms with van der Waals surface area (Å²) in [6.07, 6.45) is 1.54. The van der Waals surface area contributed by atoms with E-state index in [0.717, 1.165) is 19.5 Å². The molecule has 1 aromatic carbocycles. The number of aliphatic carboxylic acids is 1. The zero-order valence-electron chi connectivity index (χ0n) is 11.9. The summed E-state index contributed by atoms with van der Waals surface area (Å²) in [6.45, 7) is 2.40. The minimum absolute atomic E-state index is 0.00261. The third-order valence-corrected chi connectivity index (χ3v) is 4.54. The third kappa shape index (κ3) is 2.86. The van der Waals surface area contributed by atoms with Crippen molar-refractivity contribution in [3.8, 4) is 0 Å². The lowest BCUT2D eigenvalue weighted by Gasteiger charge is -2.24. The van der Waals surface area contributed by atoms with E-state index in [4.69, 9.17) is 5.11 Å². The monoisotopic (exact) mass is 288 g/mol. The quantitative estimate of drug-likeness (QED) is 0.905. The van der Waals surface area contributed by atoms with Crippen molar-refractivity contribution in [3.05, 3.63) is 35.9 Å². The molecule has 3 rings (SSSR count). The summed E-state index contributed by atoms with van der Waals surface area (Å²) in [7, 11) is 0. The standard InChI is InChI=1S/C16H20N2O3/c19-15(20)14-7-9-18(11-14)16(21)17-8-6-13(10-17)12-4-2-1-3-5-12/h1-5,13-14H,6-11H2,(H,19,20). The second-order valence-electron chi connectivity index (χ2n) is 5.89. The summed E-state index contributed by atoms with van der Waals surface area (Å²) >= 11 is 0. The molecule has 2 aliphatic rings. The summed E-state index contributed by atoms with van der Waals surface area (Å²) in [4.78, 5) is 27.0. The van der Waals surface area contributed by atoms with E-state index in [1.165, 1.54) is 5.56 Å². The van der Waals surface area contributed by atoms with Gasteiger partial charge in [-0.1, -0.05) is 30.3 Å². The SMILES string of the molecule is O=C(O)C1CCN(C(=O)N2CCC(c3ccccc3)C2)C1. The highest BCUT2D eigenvalue weighted by Gasteiger charge is 2.35. The lowest BCUT2D eigenvalue weighted by Crippen LogP contribution is -2.41. The minimum Gasteiger partial charge on any atom is -0.481 e. The highest BCUT2D eigenvalue weighted by atomic mass is 16.4. The fraction of sp³-hybridized carbons (Fsp3) is 0.500. The van der Waals surface area contributed by atoms with E-state index in [0.29, 0.717) is 25.4 Å². The Kier molecular flexibility index (Phi) is 3.82. The first-order chi connectivity index (χ1) is 10.1. The predicted octanol–water partition coefficient (Wildman–Crippen LogP) is 2.00. The molecule has 1 N–H and O–H groups in total. The number of hydrogen-bond donors (Lipinski definition) is 1. The van der Waals surface area contributed by atoms with Gasteiger partial charge in [-0.3, -0.25) is 4.79 Å². The Hall–Kier alpha value is -2.04. The first-order valence-electron chi connectivity index (χ1n) is 7.47. The van der Waals surface area contributed by atoms with Crippen molar-refractivity contribution in [2.45, 2.75) is 18.8 Å². The molecule has 5 heteroatoms. The van der Waals surface area contributed by atoms with Crippen LogP contribution >= 0.6 is 0 Å². The third-order valence-electron chi connectivity index (χ3n) is 4.54. The summed E-state index contributed by atoms with van der Waals surface area (Å²) in [5.41, 5.74) is 1.28. The van der Waals surface area contributed by atoms with Crippen LogP contribution in [-0.4, -0.2) is 53.1 Å². The van der Waals surface area contributed by atoms with Gasteiger partial charge in [0.1, 0.15) is 0 Å². The first-order valence-corrected chi connectivity index (χ1v) is 7.47. The molecule has 2 atom stereocenters. The van der Waals surface area contributed by atoms with Gasteiger partial charge in [0.05, 0.1) is 5.92 Å². The Morgan fingerprint density at radius 2 is 1.67 bits per heavy atom. The largest absolute Gasteiger partial charge is 0.481 e. The van der Waals surface area contributed by atoms with Crippen LogP contribution in [0.3, 0.4) is 0 Å². The molecule has 2 fully saturated rings. The second-order valence-corrected chi connectivity index (χ2v) is 5.89. The van der Waals surface area contributed by atoms with Gasteiger partial charge in [0.2, 0.25) is 0 Å². The lowest BCUT2D eigenvalue weighted by atomic mass is 9.99. The Bertz CT molecular complexity index is 532. The average Bonchev–Trinajstić information content (AvgIpc) is 3.17. The Morgan fingerprint density at radius 3 is 2.33 bits per heavy atom. The van der Waals surface area contributed by atoms with Crippen molar-refractivity contribution >= 4 is 12.0 Å². The van der Waals surface area contributed by atoms with E-state index >= 15 is 0 Å². The maximum Gasteiger partial charge on any atom is 0.320 e. The summed E-state index contributed by atoms with van der Waals surface area (Å²) in [5, 5.41) is 9.02. The molecule has 0 spiro atoms. The van der Waals surface area contributed by atoms with Crippen LogP contribution in [0, 0.1) is 5.92 Å². The van der Waals surface area contributed by atoms with Crippen LogP contribution in [0.25, 0.3) is 0 Å². The van der Waals surface area contributed by atoms with Crippen LogP contribution in [0.2, 0.25) is 0 Å². The average molecular weight is 288 g/mol. The number of carboxylic acid groups (broad SMARTS) is 1.